The molecule has 0 radical (unpaired) electrons. The lowest BCUT2D eigenvalue weighted by atomic mass is 9.96. The van der Waals surface area contributed by atoms with Crippen LogP contribution in [0.3, 0.4) is 0 Å². The van der Waals surface area contributed by atoms with Crippen molar-refractivity contribution < 1.29 is 14.7 Å². The smallest absolute Gasteiger partial charge is 0.326 e. The molecule has 0 heterocycles. The van der Waals surface area contributed by atoms with Crippen molar-refractivity contribution in [1.82, 2.24) is 10.2 Å². The van der Waals surface area contributed by atoms with Crippen molar-refractivity contribution in [2.45, 2.75) is 59.0 Å². The Balaban J connectivity index is 4.52. The summed E-state index contributed by atoms with van der Waals surface area (Å²) in [6, 6.07) is -1.02. The minimum Gasteiger partial charge on any atom is -0.480 e. The summed E-state index contributed by atoms with van der Waals surface area (Å²) < 4.78 is 0. The first-order chi connectivity index (χ1) is 8.38. The molecule has 0 saturated heterocycles. The molecule has 0 aliphatic carbocycles. The second-order valence-corrected chi connectivity index (χ2v) is 4.69. The second kappa shape index (κ2) is 7.95. The van der Waals surface area contributed by atoms with Crippen molar-refractivity contribution in [1.29, 1.82) is 0 Å². The summed E-state index contributed by atoms with van der Waals surface area (Å²) in [5.41, 5.74) is 0. The molecule has 0 aliphatic rings. The summed E-state index contributed by atoms with van der Waals surface area (Å²) in [6.45, 7) is 7.90. The van der Waals surface area contributed by atoms with Gasteiger partial charge in [-0.3, -0.25) is 0 Å². The SMILES string of the molecule is CCC(CC)C(C)NC(=O)N(C)C(CC)C(=O)O. The Labute approximate surface area is 110 Å². The molecular formula is C13H26N2O3. The van der Waals surface area contributed by atoms with Crippen LogP contribution in [-0.4, -0.2) is 41.1 Å². The van der Waals surface area contributed by atoms with Gasteiger partial charge in [-0.15, -0.1) is 0 Å². The maximum atomic E-state index is 11.9. The number of likely N-dealkylation sites (N-methyl/N-ethyl adjacent to an activating group) is 1. The van der Waals surface area contributed by atoms with Gasteiger partial charge in [0.25, 0.3) is 0 Å². The number of hydrogen-bond donors (Lipinski definition) is 2. The lowest BCUT2D eigenvalue weighted by Crippen LogP contribution is -2.50. The van der Waals surface area contributed by atoms with E-state index in [2.05, 4.69) is 19.2 Å². The maximum absolute atomic E-state index is 11.9. The van der Waals surface area contributed by atoms with E-state index < -0.39 is 12.0 Å². The van der Waals surface area contributed by atoms with Gasteiger partial charge in [-0.1, -0.05) is 33.6 Å². The summed E-state index contributed by atoms with van der Waals surface area (Å²) in [5.74, 6) is -0.544. The molecular weight excluding hydrogens is 232 g/mol. The van der Waals surface area contributed by atoms with Gasteiger partial charge in [0.1, 0.15) is 6.04 Å². The number of carbonyl (C=O) groups is 2. The third kappa shape index (κ3) is 4.55. The average Bonchev–Trinajstić information content (AvgIpc) is 2.30. The van der Waals surface area contributed by atoms with Gasteiger partial charge in [-0.2, -0.15) is 0 Å². The fraction of sp³-hybridized carbons (Fsp3) is 0.846. The summed E-state index contributed by atoms with van der Waals surface area (Å²) in [4.78, 5) is 24.2. The van der Waals surface area contributed by atoms with E-state index in [9.17, 15) is 9.59 Å². The van der Waals surface area contributed by atoms with Gasteiger partial charge in [0, 0.05) is 13.1 Å². The highest BCUT2D eigenvalue weighted by Gasteiger charge is 2.26. The average molecular weight is 258 g/mol. The van der Waals surface area contributed by atoms with Crippen LogP contribution >= 0.6 is 0 Å². The van der Waals surface area contributed by atoms with Crippen LogP contribution < -0.4 is 5.32 Å². The lowest BCUT2D eigenvalue weighted by molar-refractivity contribution is -0.141. The van der Waals surface area contributed by atoms with Crippen LogP contribution in [0.1, 0.15) is 47.0 Å². The first kappa shape index (κ1) is 16.7. The topological polar surface area (TPSA) is 69.6 Å². The number of amides is 2. The van der Waals surface area contributed by atoms with E-state index >= 15 is 0 Å². The summed E-state index contributed by atoms with van der Waals surface area (Å²) in [7, 11) is 1.53. The highest BCUT2D eigenvalue weighted by atomic mass is 16.4. The number of carbonyl (C=O) groups excluding carboxylic acids is 1. The minimum absolute atomic E-state index is 0.0567. The van der Waals surface area contributed by atoms with Gasteiger partial charge in [-0.25, -0.2) is 9.59 Å². The van der Waals surface area contributed by atoms with E-state index in [1.807, 2.05) is 6.92 Å². The van der Waals surface area contributed by atoms with E-state index in [-0.39, 0.29) is 12.1 Å². The third-order valence-electron chi connectivity index (χ3n) is 3.57. The van der Waals surface area contributed by atoms with E-state index in [1.54, 1.807) is 6.92 Å². The van der Waals surface area contributed by atoms with E-state index in [1.165, 1.54) is 11.9 Å². The Morgan fingerprint density at radius 2 is 1.67 bits per heavy atom. The zero-order chi connectivity index (χ0) is 14.3. The number of hydrogen-bond acceptors (Lipinski definition) is 2. The fourth-order valence-electron chi connectivity index (χ4n) is 2.17. The van der Waals surface area contributed by atoms with Gasteiger partial charge in [0.2, 0.25) is 0 Å². The third-order valence-corrected chi connectivity index (χ3v) is 3.57. The molecule has 0 fully saturated rings. The van der Waals surface area contributed by atoms with Crippen molar-refractivity contribution >= 4 is 12.0 Å². The van der Waals surface area contributed by atoms with Crippen molar-refractivity contribution in [3.8, 4) is 0 Å². The molecule has 0 aromatic carbocycles. The Kier molecular flexibility index (Phi) is 7.39. The highest BCUT2D eigenvalue weighted by Crippen LogP contribution is 2.13. The molecule has 5 nitrogen and oxygen atoms in total. The number of urea groups is 1. The number of carboxylic acids is 1. The molecule has 2 N–H and O–H groups in total. The molecule has 0 rings (SSSR count). The number of nitrogens with zero attached hydrogens (tertiary/aromatic N) is 1. The van der Waals surface area contributed by atoms with Gasteiger partial charge in [0.15, 0.2) is 0 Å². The van der Waals surface area contributed by atoms with Gasteiger partial charge >= 0.3 is 12.0 Å². The Morgan fingerprint density at radius 1 is 1.17 bits per heavy atom. The molecule has 0 spiro atoms. The predicted octanol–water partition coefficient (Wildman–Crippen LogP) is 2.32. The highest BCUT2D eigenvalue weighted by molar-refractivity contribution is 5.82. The van der Waals surface area contributed by atoms with Crippen molar-refractivity contribution in [3.63, 3.8) is 0 Å². The zero-order valence-corrected chi connectivity index (χ0v) is 12.1. The van der Waals surface area contributed by atoms with Crippen LogP contribution in [-0.2, 0) is 4.79 Å². The summed E-state index contributed by atoms with van der Waals surface area (Å²) in [6.07, 6.45) is 2.40. The monoisotopic (exact) mass is 258 g/mol. The quantitative estimate of drug-likeness (QED) is 0.736. The van der Waals surface area contributed by atoms with Crippen LogP contribution in [0.5, 0.6) is 0 Å². The zero-order valence-electron chi connectivity index (χ0n) is 12.1. The van der Waals surface area contributed by atoms with Crippen LogP contribution in [0.4, 0.5) is 4.79 Å². The number of rotatable bonds is 7. The normalized spacial score (nSPS) is 14.1. The molecule has 106 valence electrons. The molecule has 0 aliphatic heterocycles. The minimum atomic E-state index is -0.967. The lowest BCUT2D eigenvalue weighted by Gasteiger charge is -2.28. The van der Waals surface area contributed by atoms with Crippen LogP contribution in [0.2, 0.25) is 0 Å². The second-order valence-electron chi connectivity index (χ2n) is 4.69. The van der Waals surface area contributed by atoms with E-state index in [0.29, 0.717) is 12.3 Å². The molecule has 0 aromatic heterocycles. The first-order valence-electron chi connectivity index (χ1n) is 6.64. The maximum Gasteiger partial charge on any atom is 0.326 e. The standard InChI is InChI=1S/C13H26N2O3/c1-6-10(7-2)9(4)14-13(18)15(5)11(8-3)12(16)17/h9-11H,6-8H2,1-5H3,(H,14,18)(H,16,17). The largest absolute Gasteiger partial charge is 0.480 e. The summed E-state index contributed by atoms with van der Waals surface area (Å²) >= 11 is 0. The number of nitrogens with one attached hydrogen (secondary N) is 1. The summed E-state index contributed by atoms with van der Waals surface area (Å²) in [5, 5.41) is 11.9. The molecule has 5 heteroatoms. The Bertz CT molecular complexity index is 277. The number of aliphatic carboxylic acids is 1. The van der Waals surface area contributed by atoms with Crippen LogP contribution in [0.15, 0.2) is 0 Å². The van der Waals surface area contributed by atoms with Crippen molar-refractivity contribution in [2.75, 3.05) is 7.05 Å². The molecule has 0 saturated carbocycles. The molecule has 0 aromatic rings. The van der Waals surface area contributed by atoms with Crippen molar-refractivity contribution in [2.24, 2.45) is 5.92 Å². The van der Waals surface area contributed by atoms with Gasteiger partial charge < -0.3 is 15.3 Å². The van der Waals surface area contributed by atoms with Gasteiger partial charge in [0.05, 0.1) is 0 Å². The van der Waals surface area contributed by atoms with Crippen LogP contribution in [0.25, 0.3) is 0 Å². The Morgan fingerprint density at radius 3 is 2.00 bits per heavy atom. The predicted molar refractivity (Wildman–Crippen MR) is 71.5 cm³/mol. The van der Waals surface area contributed by atoms with Crippen molar-refractivity contribution in [3.05, 3.63) is 0 Å². The molecule has 2 unspecified atom stereocenters. The van der Waals surface area contributed by atoms with E-state index in [0.717, 1.165) is 12.8 Å². The number of carboxylic acid groups (broad SMARTS) is 1. The Hall–Kier alpha value is -1.26. The van der Waals surface area contributed by atoms with Crippen LogP contribution in [0, 0.1) is 5.92 Å². The van der Waals surface area contributed by atoms with E-state index in [4.69, 9.17) is 5.11 Å². The molecule has 2 amide bonds. The molecule has 2 atom stereocenters. The molecule has 18 heavy (non-hydrogen) atoms. The first-order valence-corrected chi connectivity index (χ1v) is 6.64. The molecule has 0 bridgehead atoms. The van der Waals surface area contributed by atoms with Gasteiger partial charge in [-0.05, 0) is 19.3 Å². The fourth-order valence-corrected chi connectivity index (χ4v) is 2.17.